The maximum atomic E-state index is 12.3. The predicted octanol–water partition coefficient (Wildman–Crippen LogP) is 3.90. The van der Waals surface area contributed by atoms with E-state index < -0.39 is 0 Å². The number of anilines is 3. The summed E-state index contributed by atoms with van der Waals surface area (Å²) in [7, 11) is 1.39. The number of para-hydroxylation sites is 2. The number of hydrogen-bond donors (Lipinski definition) is 2. The van der Waals surface area contributed by atoms with Crippen molar-refractivity contribution in [2.75, 3.05) is 55.8 Å². The van der Waals surface area contributed by atoms with E-state index in [0.29, 0.717) is 23.5 Å². The van der Waals surface area contributed by atoms with Crippen LogP contribution in [0.25, 0.3) is 0 Å². The fourth-order valence-electron chi connectivity index (χ4n) is 4.47. The van der Waals surface area contributed by atoms with Gasteiger partial charge in [0.05, 0.1) is 24.0 Å². The van der Waals surface area contributed by atoms with E-state index in [1.165, 1.54) is 18.4 Å². The fourth-order valence-corrected chi connectivity index (χ4v) is 4.47. The van der Waals surface area contributed by atoms with Gasteiger partial charge in [0.1, 0.15) is 0 Å². The first-order chi connectivity index (χ1) is 16.2. The molecule has 0 saturated carbocycles. The van der Waals surface area contributed by atoms with Crippen LogP contribution >= 0.6 is 0 Å². The Balaban J connectivity index is 1.49. The van der Waals surface area contributed by atoms with Crippen molar-refractivity contribution in [2.45, 2.75) is 12.5 Å². The number of ether oxygens (including phenoxy) is 1. The van der Waals surface area contributed by atoms with Crippen LogP contribution in [0.3, 0.4) is 0 Å². The molecular weight excluding hydrogens is 412 g/mol. The number of nitrogens with two attached hydrogens (primary N) is 1. The normalized spacial score (nSPS) is 15.1. The molecule has 3 aromatic carbocycles. The standard InChI is InChI=1S/C27H32N4O2/c1-33-27(32)24-13-8-14-25(28)26(24)29-20-23(19-21-9-4-2-5-10-21)31-17-15-30(16-18-31)22-11-6-3-7-12-22/h2-14,23,29H,15-20,28H2,1H3. The van der Waals surface area contributed by atoms with Gasteiger partial charge in [0.15, 0.2) is 0 Å². The summed E-state index contributed by atoms with van der Waals surface area (Å²) < 4.78 is 4.95. The Hall–Kier alpha value is -3.51. The topological polar surface area (TPSA) is 70.8 Å². The van der Waals surface area contributed by atoms with Crippen molar-refractivity contribution in [2.24, 2.45) is 0 Å². The molecule has 0 amide bonds. The zero-order valence-electron chi connectivity index (χ0n) is 19.1. The second kappa shape index (κ2) is 10.9. The highest BCUT2D eigenvalue weighted by molar-refractivity contribution is 5.98. The molecule has 1 fully saturated rings. The van der Waals surface area contributed by atoms with E-state index >= 15 is 0 Å². The van der Waals surface area contributed by atoms with E-state index in [4.69, 9.17) is 10.5 Å². The predicted molar refractivity (Wildman–Crippen MR) is 135 cm³/mol. The number of hydrogen-bond acceptors (Lipinski definition) is 6. The molecule has 1 aliphatic rings. The van der Waals surface area contributed by atoms with Crippen LogP contribution in [0.15, 0.2) is 78.9 Å². The highest BCUT2D eigenvalue weighted by Crippen LogP contribution is 2.25. The van der Waals surface area contributed by atoms with Gasteiger partial charge in [0.2, 0.25) is 0 Å². The summed E-state index contributed by atoms with van der Waals surface area (Å²) in [5, 5.41) is 3.48. The van der Waals surface area contributed by atoms with Gasteiger partial charge in [-0.3, -0.25) is 4.90 Å². The van der Waals surface area contributed by atoms with E-state index in [1.54, 1.807) is 18.2 Å². The number of nitrogen functional groups attached to an aromatic ring is 1. The quantitative estimate of drug-likeness (QED) is 0.406. The number of methoxy groups -OCH3 is 1. The molecule has 0 bridgehead atoms. The molecule has 4 rings (SSSR count). The second-order valence-electron chi connectivity index (χ2n) is 8.34. The van der Waals surface area contributed by atoms with Crippen LogP contribution in [0.1, 0.15) is 15.9 Å². The summed E-state index contributed by atoms with van der Waals surface area (Å²) in [4.78, 5) is 17.2. The van der Waals surface area contributed by atoms with Gasteiger partial charge in [-0.25, -0.2) is 4.79 Å². The molecule has 172 valence electrons. The van der Waals surface area contributed by atoms with Crippen LogP contribution in [-0.2, 0) is 11.2 Å². The van der Waals surface area contributed by atoms with Crippen LogP contribution in [0, 0.1) is 0 Å². The molecule has 0 spiro atoms. The van der Waals surface area contributed by atoms with Gasteiger partial charge in [0.25, 0.3) is 0 Å². The zero-order chi connectivity index (χ0) is 23.0. The molecule has 1 atom stereocenters. The molecule has 0 radical (unpaired) electrons. The van der Waals surface area contributed by atoms with Crippen LogP contribution < -0.4 is 16.0 Å². The highest BCUT2D eigenvalue weighted by atomic mass is 16.5. The molecule has 33 heavy (non-hydrogen) atoms. The van der Waals surface area contributed by atoms with Crippen molar-refractivity contribution in [1.82, 2.24) is 4.90 Å². The van der Waals surface area contributed by atoms with Gasteiger partial charge in [-0.2, -0.15) is 0 Å². The Bertz CT molecular complexity index is 1030. The molecule has 0 aliphatic carbocycles. The Morgan fingerprint density at radius 3 is 2.27 bits per heavy atom. The molecule has 6 heteroatoms. The van der Waals surface area contributed by atoms with Gasteiger partial charge >= 0.3 is 5.97 Å². The lowest BCUT2D eigenvalue weighted by Crippen LogP contribution is -2.53. The maximum Gasteiger partial charge on any atom is 0.340 e. The first-order valence-corrected chi connectivity index (χ1v) is 11.4. The Kier molecular flexibility index (Phi) is 7.47. The second-order valence-corrected chi connectivity index (χ2v) is 8.34. The van der Waals surface area contributed by atoms with Crippen LogP contribution in [0.4, 0.5) is 17.1 Å². The van der Waals surface area contributed by atoms with E-state index in [2.05, 4.69) is 69.7 Å². The lowest BCUT2D eigenvalue weighted by molar-refractivity contribution is 0.0602. The minimum Gasteiger partial charge on any atom is -0.465 e. The van der Waals surface area contributed by atoms with E-state index in [-0.39, 0.29) is 12.0 Å². The average Bonchev–Trinajstić information content (AvgIpc) is 2.88. The van der Waals surface area contributed by atoms with Crippen molar-refractivity contribution in [3.63, 3.8) is 0 Å². The third kappa shape index (κ3) is 5.65. The number of rotatable bonds is 8. The van der Waals surface area contributed by atoms with E-state index in [0.717, 1.165) is 32.6 Å². The van der Waals surface area contributed by atoms with Crippen LogP contribution in [0.2, 0.25) is 0 Å². The Labute approximate surface area is 196 Å². The van der Waals surface area contributed by atoms with Crippen LogP contribution in [-0.4, -0.2) is 56.7 Å². The van der Waals surface area contributed by atoms with Crippen molar-refractivity contribution < 1.29 is 9.53 Å². The number of piperazine rings is 1. The molecule has 1 heterocycles. The average molecular weight is 445 g/mol. The first-order valence-electron chi connectivity index (χ1n) is 11.4. The third-order valence-electron chi connectivity index (χ3n) is 6.28. The first kappa shape index (κ1) is 22.7. The monoisotopic (exact) mass is 444 g/mol. The van der Waals surface area contributed by atoms with Gasteiger partial charge in [0, 0.05) is 44.5 Å². The summed E-state index contributed by atoms with van der Waals surface area (Å²) in [5.41, 5.74) is 10.4. The van der Waals surface area contributed by atoms with Crippen molar-refractivity contribution in [1.29, 1.82) is 0 Å². The summed E-state index contributed by atoms with van der Waals surface area (Å²) in [6.45, 7) is 4.59. The number of esters is 1. The van der Waals surface area contributed by atoms with Gasteiger partial charge in [-0.1, -0.05) is 54.6 Å². The van der Waals surface area contributed by atoms with Gasteiger partial charge in [-0.15, -0.1) is 0 Å². The number of nitrogens with one attached hydrogen (secondary N) is 1. The number of nitrogens with zero attached hydrogens (tertiary/aromatic N) is 2. The fraction of sp³-hybridized carbons (Fsp3) is 0.296. The van der Waals surface area contributed by atoms with Crippen molar-refractivity contribution in [3.8, 4) is 0 Å². The number of carbonyl (C=O) groups excluding carboxylic acids is 1. The third-order valence-corrected chi connectivity index (χ3v) is 6.28. The Morgan fingerprint density at radius 1 is 0.939 bits per heavy atom. The number of benzene rings is 3. The van der Waals surface area contributed by atoms with Gasteiger partial charge in [-0.05, 0) is 36.2 Å². The lowest BCUT2D eigenvalue weighted by atomic mass is 10.0. The van der Waals surface area contributed by atoms with E-state index in [9.17, 15) is 4.79 Å². The summed E-state index contributed by atoms with van der Waals surface area (Å²) in [6, 6.07) is 26.7. The minimum atomic E-state index is -0.388. The highest BCUT2D eigenvalue weighted by Gasteiger charge is 2.25. The van der Waals surface area contributed by atoms with Gasteiger partial charge < -0.3 is 20.7 Å². The smallest absolute Gasteiger partial charge is 0.340 e. The molecule has 6 nitrogen and oxygen atoms in total. The molecule has 0 aromatic heterocycles. The SMILES string of the molecule is COC(=O)c1cccc(N)c1NCC(Cc1ccccc1)N1CCN(c2ccccc2)CC1. The summed E-state index contributed by atoms with van der Waals surface area (Å²) >= 11 is 0. The molecular formula is C27H32N4O2. The van der Waals surface area contributed by atoms with Crippen molar-refractivity contribution in [3.05, 3.63) is 90.0 Å². The summed E-state index contributed by atoms with van der Waals surface area (Å²) in [6.07, 6.45) is 0.916. The number of carbonyl (C=O) groups is 1. The summed E-state index contributed by atoms with van der Waals surface area (Å²) in [5.74, 6) is -0.388. The molecule has 1 aliphatic heterocycles. The maximum absolute atomic E-state index is 12.3. The molecule has 1 unspecified atom stereocenters. The van der Waals surface area contributed by atoms with Crippen molar-refractivity contribution >= 4 is 23.0 Å². The lowest BCUT2D eigenvalue weighted by Gasteiger charge is -2.40. The molecule has 3 N–H and O–H groups in total. The van der Waals surface area contributed by atoms with Crippen LogP contribution in [0.5, 0.6) is 0 Å². The molecule has 3 aromatic rings. The molecule has 1 saturated heterocycles. The minimum absolute atomic E-state index is 0.260. The largest absolute Gasteiger partial charge is 0.465 e. The van der Waals surface area contributed by atoms with E-state index in [1.807, 2.05) is 6.07 Å². The zero-order valence-corrected chi connectivity index (χ0v) is 19.1. The Morgan fingerprint density at radius 2 is 1.61 bits per heavy atom.